The van der Waals surface area contributed by atoms with Crippen LogP contribution in [0.3, 0.4) is 0 Å². The molecule has 0 amide bonds. The van der Waals surface area contributed by atoms with Crippen LogP contribution in [0.25, 0.3) is 83.7 Å². The highest BCUT2D eigenvalue weighted by Gasteiger charge is 2.20. The Morgan fingerprint density at radius 3 is 1.91 bits per heavy atom. The molecular weight excluding hydrogens is 542 g/mol. The summed E-state index contributed by atoms with van der Waals surface area (Å²) in [6.45, 7) is 0. The quantitative estimate of drug-likeness (QED) is 0.213. The number of nitrogens with zero attached hydrogens (tertiary/aromatic N) is 5. The molecule has 0 saturated heterocycles. The molecule has 206 valence electrons. The first kappa shape index (κ1) is 24.5. The predicted molar refractivity (Wildman–Crippen MR) is 176 cm³/mol. The lowest BCUT2D eigenvalue weighted by molar-refractivity contribution is 0.669. The Bertz CT molecular complexity index is 2440. The molecule has 0 aliphatic carbocycles. The smallest absolute Gasteiger partial charge is 0.164 e. The third-order valence-electron chi connectivity index (χ3n) is 8.08. The van der Waals surface area contributed by atoms with Gasteiger partial charge in [-0.05, 0) is 42.5 Å². The molecule has 0 aliphatic heterocycles. The number of aromatic nitrogens is 5. The SMILES string of the molecule is c1ccc(-c2nc(-c3ccccc3)nc(-c3cccc(-n4c5cccnc5c5ccc6oc7ccccc7c6c54)c3)n2)cc1. The summed E-state index contributed by atoms with van der Waals surface area (Å²) >= 11 is 0. The van der Waals surface area contributed by atoms with Crippen molar-refractivity contribution >= 4 is 43.9 Å². The van der Waals surface area contributed by atoms with Gasteiger partial charge in [-0.25, -0.2) is 15.0 Å². The fourth-order valence-corrected chi connectivity index (χ4v) is 6.12. The summed E-state index contributed by atoms with van der Waals surface area (Å²) in [4.78, 5) is 19.6. The van der Waals surface area contributed by atoms with Crippen molar-refractivity contribution in [3.63, 3.8) is 0 Å². The standard InChI is InChI=1S/C38H23N5O/c1-3-11-24(12-4-1)36-40-37(25-13-5-2-6-14-25)42-38(41-36)26-15-9-16-27(23-26)43-30-18-10-22-39-34(30)29-20-21-32-33(35(29)43)28-17-7-8-19-31(28)44-32/h1-23H. The van der Waals surface area contributed by atoms with Crippen LogP contribution in [-0.2, 0) is 0 Å². The molecule has 4 heterocycles. The Kier molecular flexibility index (Phi) is 5.40. The molecule has 0 saturated carbocycles. The average molecular weight is 566 g/mol. The Hall–Kier alpha value is -6.14. The number of pyridine rings is 1. The van der Waals surface area contributed by atoms with Crippen molar-refractivity contribution in [1.82, 2.24) is 24.5 Å². The highest BCUT2D eigenvalue weighted by atomic mass is 16.3. The maximum atomic E-state index is 6.29. The Morgan fingerprint density at radius 1 is 0.500 bits per heavy atom. The minimum Gasteiger partial charge on any atom is -0.456 e. The summed E-state index contributed by atoms with van der Waals surface area (Å²) < 4.78 is 8.57. The molecule has 6 heteroatoms. The summed E-state index contributed by atoms with van der Waals surface area (Å²) in [7, 11) is 0. The number of para-hydroxylation sites is 1. The van der Waals surface area contributed by atoms with E-state index in [1.807, 2.05) is 91.1 Å². The molecule has 0 radical (unpaired) electrons. The highest BCUT2D eigenvalue weighted by Crippen LogP contribution is 2.40. The third kappa shape index (κ3) is 3.82. The van der Waals surface area contributed by atoms with Gasteiger partial charge in [0.2, 0.25) is 0 Å². The zero-order chi connectivity index (χ0) is 29.0. The summed E-state index contributed by atoms with van der Waals surface area (Å²) in [6.07, 6.45) is 1.85. The minimum atomic E-state index is 0.609. The maximum absolute atomic E-state index is 6.29. The minimum absolute atomic E-state index is 0.609. The molecule has 5 aromatic carbocycles. The van der Waals surface area contributed by atoms with Gasteiger partial charge in [-0.1, -0.05) is 91.0 Å². The highest BCUT2D eigenvalue weighted by molar-refractivity contribution is 6.23. The second kappa shape index (κ2) is 9.71. The number of fused-ring (bicyclic) bond motifs is 7. The first-order chi connectivity index (χ1) is 21.8. The van der Waals surface area contributed by atoms with Crippen LogP contribution in [0.2, 0.25) is 0 Å². The van der Waals surface area contributed by atoms with Crippen molar-refractivity contribution in [3.05, 3.63) is 140 Å². The van der Waals surface area contributed by atoms with Crippen LogP contribution in [0.15, 0.2) is 144 Å². The predicted octanol–water partition coefficient (Wildman–Crippen LogP) is 9.26. The fourth-order valence-electron chi connectivity index (χ4n) is 6.12. The zero-order valence-electron chi connectivity index (χ0n) is 23.4. The van der Waals surface area contributed by atoms with Crippen molar-refractivity contribution in [3.8, 4) is 39.9 Å². The molecule has 0 N–H and O–H groups in total. The van der Waals surface area contributed by atoms with E-state index in [0.717, 1.165) is 66.3 Å². The lowest BCUT2D eigenvalue weighted by atomic mass is 10.1. The summed E-state index contributed by atoms with van der Waals surface area (Å²) in [6, 6.07) is 44.9. The topological polar surface area (TPSA) is 69.6 Å². The second-order valence-electron chi connectivity index (χ2n) is 10.7. The van der Waals surface area contributed by atoms with Crippen molar-refractivity contribution in [2.24, 2.45) is 0 Å². The van der Waals surface area contributed by atoms with Crippen molar-refractivity contribution in [2.45, 2.75) is 0 Å². The third-order valence-corrected chi connectivity index (χ3v) is 8.08. The van der Waals surface area contributed by atoms with E-state index < -0.39 is 0 Å². The van der Waals surface area contributed by atoms with Gasteiger partial charge in [0.05, 0.1) is 21.9 Å². The van der Waals surface area contributed by atoms with Gasteiger partial charge in [0.1, 0.15) is 11.2 Å². The van der Waals surface area contributed by atoms with E-state index in [2.05, 4.69) is 53.1 Å². The Balaban J connectivity index is 1.31. The van der Waals surface area contributed by atoms with Crippen LogP contribution in [0, 0.1) is 0 Å². The van der Waals surface area contributed by atoms with Crippen LogP contribution in [-0.4, -0.2) is 24.5 Å². The molecular formula is C38H23N5O. The number of hydrogen-bond acceptors (Lipinski definition) is 5. The number of furan rings is 1. The lowest BCUT2D eigenvalue weighted by Gasteiger charge is -2.12. The monoisotopic (exact) mass is 565 g/mol. The Morgan fingerprint density at radius 2 is 1.16 bits per heavy atom. The molecule has 0 spiro atoms. The van der Waals surface area contributed by atoms with Crippen molar-refractivity contribution in [2.75, 3.05) is 0 Å². The van der Waals surface area contributed by atoms with Gasteiger partial charge in [0, 0.05) is 39.3 Å². The van der Waals surface area contributed by atoms with E-state index in [-0.39, 0.29) is 0 Å². The number of hydrogen-bond donors (Lipinski definition) is 0. The molecule has 44 heavy (non-hydrogen) atoms. The van der Waals surface area contributed by atoms with Gasteiger partial charge in [-0.15, -0.1) is 0 Å². The molecule has 0 fully saturated rings. The first-order valence-corrected chi connectivity index (χ1v) is 14.5. The van der Waals surface area contributed by atoms with Gasteiger partial charge in [0.15, 0.2) is 17.5 Å². The van der Waals surface area contributed by atoms with E-state index >= 15 is 0 Å². The van der Waals surface area contributed by atoms with E-state index in [1.165, 1.54) is 0 Å². The molecule has 9 rings (SSSR count). The van der Waals surface area contributed by atoms with Gasteiger partial charge < -0.3 is 8.98 Å². The van der Waals surface area contributed by atoms with E-state index in [1.54, 1.807) is 0 Å². The lowest BCUT2D eigenvalue weighted by Crippen LogP contribution is -2.01. The largest absolute Gasteiger partial charge is 0.456 e. The van der Waals surface area contributed by atoms with Gasteiger partial charge >= 0.3 is 0 Å². The maximum Gasteiger partial charge on any atom is 0.164 e. The second-order valence-corrected chi connectivity index (χ2v) is 10.7. The molecule has 0 atom stereocenters. The average Bonchev–Trinajstić information content (AvgIpc) is 3.65. The molecule has 4 aromatic heterocycles. The van der Waals surface area contributed by atoms with Gasteiger partial charge in [-0.2, -0.15) is 0 Å². The first-order valence-electron chi connectivity index (χ1n) is 14.5. The zero-order valence-corrected chi connectivity index (χ0v) is 23.4. The summed E-state index contributed by atoms with van der Waals surface area (Å²) in [5.41, 5.74) is 8.47. The Labute approximate surface area is 251 Å². The van der Waals surface area contributed by atoms with Crippen LogP contribution < -0.4 is 0 Å². The van der Waals surface area contributed by atoms with Crippen molar-refractivity contribution in [1.29, 1.82) is 0 Å². The number of rotatable bonds is 4. The molecule has 0 aliphatic rings. The van der Waals surface area contributed by atoms with Gasteiger partial charge in [-0.3, -0.25) is 4.98 Å². The molecule has 9 aromatic rings. The van der Waals surface area contributed by atoms with Crippen LogP contribution >= 0.6 is 0 Å². The summed E-state index contributed by atoms with van der Waals surface area (Å²) in [5, 5.41) is 3.22. The van der Waals surface area contributed by atoms with Gasteiger partial charge in [0.25, 0.3) is 0 Å². The molecule has 0 bridgehead atoms. The summed E-state index contributed by atoms with van der Waals surface area (Å²) in [5.74, 6) is 1.87. The number of benzene rings is 5. The fraction of sp³-hybridized carbons (Fsp3) is 0. The van der Waals surface area contributed by atoms with Crippen LogP contribution in [0.4, 0.5) is 0 Å². The normalized spacial score (nSPS) is 11.6. The van der Waals surface area contributed by atoms with E-state index in [9.17, 15) is 0 Å². The van der Waals surface area contributed by atoms with E-state index in [4.69, 9.17) is 24.4 Å². The van der Waals surface area contributed by atoms with Crippen molar-refractivity contribution < 1.29 is 4.42 Å². The molecule has 6 nitrogen and oxygen atoms in total. The van der Waals surface area contributed by atoms with Crippen LogP contribution in [0.5, 0.6) is 0 Å². The van der Waals surface area contributed by atoms with E-state index in [0.29, 0.717) is 17.5 Å². The van der Waals surface area contributed by atoms with Crippen LogP contribution in [0.1, 0.15) is 0 Å². The molecule has 0 unspecified atom stereocenters.